The Bertz CT molecular complexity index is 258. The van der Waals surface area contributed by atoms with E-state index >= 15 is 0 Å². The third-order valence-electron chi connectivity index (χ3n) is 1.23. The summed E-state index contributed by atoms with van der Waals surface area (Å²) in [6, 6.07) is 1.88. The maximum atomic E-state index is 9.01. The second-order valence-electron chi connectivity index (χ2n) is 1.99. The van der Waals surface area contributed by atoms with Crippen molar-refractivity contribution < 1.29 is 5.11 Å². The molecule has 4 nitrogen and oxygen atoms in total. The van der Waals surface area contributed by atoms with E-state index in [1.165, 1.54) is 6.20 Å². The van der Waals surface area contributed by atoms with Crippen molar-refractivity contribution in [1.82, 2.24) is 10.2 Å². The average molecular weight is 137 g/mol. The molecule has 4 heteroatoms. The molecule has 1 atom stereocenters. The van der Waals surface area contributed by atoms with Gasteiger partial charge in [-0.1, -0.05) is 0 Å². The van der Waals surface area contributed by atoms with Gasteiger partial charge in [0, 0.05) is 5.56 Å². The van der Waals surface area contributed by atoms with Gasteiger partial charge < -0.3 is 5.11 Å². The van der Waals surface area contributed by atoms with Crippen LogP contribution in [0, 0.1) is 11.3 Å². The molecule has 0 fully saturated rings. The van der Waals surface area contributed by atoms with Gasteiger partial charge in [-0.05, 0) is 6.92 Å². The van der Waals surface area contributed by atoms with Crippen LogP contribution in [-0.2, 0) is 0 Å². The van der Waals surface area contributed by atoms with Crippen LogP contribution in [-0.4, -0.2) is 15.3 Å². The molecule has 2 N–H and O–H groups in total. The van der Waals surface area contributed by atoms with E-state index in [2.05, 4.69) is 10.2 Å². The summed E-state index contributed by atoms with van der Waals surface area (Å²) in [5.74, 6) is 0. The van der Waals surface area contributed by atoms with E-state index in [9.17, 15) is 0 Å². The summed E-state index contributed by atoms with van der Waals surface area (Å²) in [4.78, 5) is 0. The standard InChI is InChI=1S/C6H7N3O/c1-4(10)5-3-8-9-6(5)2-7/h3-4,10H,1H3,(H,8,9). The first-order valence-electron chi connectivity index (χ1n) is 2.87. The molecule has 10 heavy (non-hydrogen) atoms. The van der Waals surface area contributed by atoms with Crippen molar-refractivity contribution in [3.8, 4) is 6.07 Å². The second-order valence-corrected chi connectivity index (χ2v) is 1.99. The van der Waals surface area contributed by atoms with Crippen LogP contribution in [0.3, 0.4) is 0 Å². The molecular weight excluding hydrogens is 130 g/mol. The van der Waals surface area contributed by atoms with Crippen molar-refractivity contribution in [3.05, 3.63) is 17.5 Å². The van der Waals surface area contributed by atoms with Gasteiger partial charge in [0.05, 0.1) is 12.3 Å². The number of nitrogens with zero attached hydrogens (tertiary/aromatic N) is 2. The zero-order valence-electron chi connectivity index (χ0n) is 5.50. The van der Waals surface area contributed by atoms with Crippen molar-refractivity contribution in [2.24, 2.45) is 0 Å². The Balaban J connectivity index is 3.05. The van der Waals surface area contributed by atoms with E-state index in [4.69, 9.17) is 10.4 Å². The van der Waals surface area contributed by atoms with Gasteiger partial charge in [0.1, 0.15) is 11.8 Å². The first-order valence-corrected chi connectivity index (χ1v) is 2.87. The SMILES string of the molecule is CC(O)c1cn[nH]c1C#N. The minimum absolute atomic E-state index is 0.329. The summed E-state index contributed by atoms with van der Waals surface area (Å²) >= 11 is 0. The zero-order valence-corrected chi connectivity index (χ0v) is 5.50. The third-order valence-corrected chi connectivity index (χ3v) is 1.23. The molecule has 1 aromatic heterocycles. The highest BCUT2D eigenvalue weighted by Gasteiger charge is 2.08. The van der Waals surface area contributed by atoms with Crippen LogP contribution in [0.1, 0.15) is 24.3 Å². The molecule has 0 saturated heterocycles. The molecule has 1 aromatic rings. The number of aliphatic hydroxyl groups is 1. The van der Waals surface area contributed by atoms with Crippen molar-refractivity contribution in [2.45, 2.75) is 13.0 Å². The minimum atomic E-state index is -0.631. The average Bonchev–Trinajstić information content (AvgIpc) is 2.33. The molecule has 0 aliphatic heterocycles. The van der Waals surface area contributed by atoms with Gasteiger partial charge >= 0.3 is 0 Å². The smallest absolute Gasteiger partial charge is 0.141 e. The number of hydrogen-bond acceptors (Lipinski definition) is 3. The Hall–Kier alpha value is -1.34. The molecule has 52 valence electrons. The zero-order chi connectivity index (χ0) is 7.56. The van der Waals surface area contributed by atoms with Gasteiger partial charge in [-0.15, -0.1) is 0 Å². The number of nitriles is 1. The highest BCUT2D eigenvalue weighted by atomic mass is 16.3. The van der Waals surface area contributed by atoms with E-state index in [1.54, 1.807) is 6.92 Å². The molecule has 0 aliphatic carbocycles. The van der Waals surface area contributed by atoms with Gasteiger partial charge in [0.25, 0.3) is 0 Å². The first-order chi connectivity index (χ1) is 4.75. The van der Waals surface area contributed by atoms with E-state index in [0.717, 1.165) is 0 Å². The summed E-state index contributed by atoms with van der Waals surface area (Å²) in [5.41, 5.74) is 0.873. The Labute approximate surface area is 58.1 Å². The summed E-state index contributed by atoms with van der Waals surface area (Å²) in [7, 11) is 0. The van der Waals surface area contributed by atoms with Crippen molar-refractivity contribution in [3.63, 3.8) is 0 Å². The predicted molar refractivity (Wildman–Crippen MR) is 33.9 cm³/mol. The van der Waals surface area contributed by atoms with Crippen LogP contribution in [0.2, 0.25) is 0 Å². The summed E-state index contributed by atoms with van der Waals surface area (Å²) in [6.45, 7) is 1.59. The maximum absolute atomic E-state index is 9.01. The number of aliphatic hydroxyl groups excluding tert-OH is 1. The molecular formula is C6H7N3O. The van der Waals surface area contributed by atoms with Crippen LogP contribution in [0.25, 0.3) is 0 Å². The van der Waals surface area contributed by atoms with E-state index in [0.29, 0.717) is 11.3 Å². The molecule has 0 spiro atoms. The number of H-pyrrole nitrogens is 1. The van der Waals surface area contributed by atoms with Crippen LogP contribution >= 0.6 is 0 Å². The van der Waals surface area contributed by atoms with Crippen LogP contribution in [0.5, 0.6) is 0 Å². The molecule has 1 unspecified atom stereocenters. The summed E-state index contributed by atoms with van der Waals surface area (Å²) in [6.07, 6.45) is 0.817. The highest BCUT2D eigenvalue weighted by molar-refractivity contribution is 5.29. The van der Waals surface area contributed by atoms with Gasteiger partial charge in [-0.3, -0.25) is 5.10 Å². The van der Waals surface area contributed by atoms with E-state index in [1.807, 2.05) is 6.07 Å². The molecule has 0 bridgehead atoms. The monoisotopic (exact) mass is 137 g/mol. The van der Waals surface area contributed by atoms with Gasteiger partial charge in [0.15, 0.2) is 0 Å². The van der Waals surface area contributed by atoms with E-state index < -0.39 is 6.10 Å². The Morgan fingerprint density at radius 1 is 1.90 bits per heavy atom. The van der Waals surface area contributed by atoms with Crippen LogP contribution in [0.15, 0.2) is 6.20 Å². The second kappa shape index (κ2) is 2.50. The topological polar surface area (TPSA) is 72.7 Å². The Morgan fingerprint density at radius 2 is 2.60 bits per heavy atom. The van der Waals surface area contributed by atoms with Gasteiger partial charge in [-0.25, -0.2) is 0 Å². The predicted octanol–water partition coefficient (Wildman–Crippen LogP) is 0.335. The number of rotatable bonds is 1. The van der Waals surface area contributed by atoms with Gasteiger partial charge in [-0.2, -0.15) is 10.4 Å². The van der Waals surface area contributed by atoms with Crippen LogP contribution in [0.4, 0.5) is 0 Å². The fraction of sp³-hybridized carbons (Fsp3) is 0.333. The van der Waals surface area contributed by atoms with Crippen molar-refractivity contribution in [1.29, 1.82) is 5.26 Å². The molecule has 1 heterocycles. The third kappa shape index (κ3) is 0.993. The number of hydrogen-bond donors (Lipinski definition) is 2. The molecule has 0 aromatic carbocycles. The largest absolute Gasteiger partial charge is 0.389 e. The van der Waals surface area contributed by atoms with E-state index in [-0.39, 0.29) is 0 Å². The first kappa shape index (κ1) is 6.78. The number of nitrogens with one attached hydrogen (secondary N) is 1. The molecule has 0 radical (unpaired) electrons. The fourth-order valence-electron chi connectivity index (χ4n) is 0.702. The van der Waals surface area contributed by atoms with Gasteiger partial charge in [0.2, 0.25) is 0 Å². The fourth-order valence-corrected chi connectivity index (χ4v) is 0.702. The number of aromatic amines is 1. The summed E-state index contributed by atoms with van der Waals surface area (Å²) < 4.78 is 0. The normalized spacial score (nSPS) is 12.5. The molecule has 0 amide bonds. The lowest BCUT2D eigenvalue weighted by Gasteiger charge is -1.97. The molecule has 0 aliphatic rings. The number of aromatic nitrogens is 2. The molecule has 0 saturated carbocycles. The highest BCUT2D eigenvalue weighted by Crippen LogP contribution is 2.12. The minimum Gasteiger partial charge on any atom is -0.389 e. The van der Waals surface area contributed by atoms with Crippen molar-refractivity contribution >= 4 is 0 Å². The lowest BCUT2D eigenvalue weighted by molar-refractivity contribution is 0.199. The Morgan fingerprint density at radius 3 is 3.00 bits per heavy atom. The lowest BCUT2D eigenvalue weighted by Crippen LogP contribution is -1.91. The quantitative estimate of drug-likeness (QED) is 0.586. The maximum Gasteiger partial charge on any atom is 0.141 e. The summed E-state index contributed by atoms with van der Waals surface area (Å²) in [5, 5.41) is 23.5. The van der Waals surface area contributed by atoms with Crippen LogP contribution < -0.4 is 0 Å². The lowest BCUT2D eigenvalue weighted by atomic mass is 10.2. The van der Waals surface area contributed by atoms with Crippen molar-refractivity contribution in [2.75, 3.05) is 0 Å². The Kier molecular flexibility index (Phi) is 1.69. The molecule has 1 rings (SSSR count).